The first-order chi connectivity index (χ1) is 11.6. The number of rotatable bonds is 6. The minimum atomic E-state index is -0.242. The number of benzene rings is 1. The van der Waals surface area contributed by atoms with Gasteiger partial charge >= 0.3 is 0 Å². The van der Waals surface area contributed by atoms with E-state index in [1.807, 2.05) is 0 Å². The van der Waals surface area contributed by atoms with Crippen molar-refractivity contribution in [2.45, 2.75) is 51.1 Å². The third-order valence-electron chi connectivity index (χ3n) is 5.23. The number of hydrogen-bond donors (Lipinski definition) is 0. The van der Waals surface area contributed by atoms with Gasteiger partial charge in [-0.1, -0.05) is 0 Å². The number of ether oxygens (including phenoxy) is 1. The van der Waals surface area contributed by atoms with Crippen molar-refractivity contribution >= 4 is 5.91 Å². The Morgan fingerprint density at radius 3 is 2.62 bits per heavy atom. The van der Waals surface area contributed by atoms with Crippen molar-refractivity contribution in [1.29, 1.82) is 0 Å². The first-order valence-electron chi connectivity index (χ1n) is 9.05. The molecule has 2 fully saturated rings. The highest BCUT2D eigenvalue weighted by atomic mass is 19.1. The van der Waals surface area contributed by atoms with Gasteiger partial charge in [-0.25, -0.2) is 4.39 Å². The van der Waals surface area contributed by atoms with Crippen molar-refractivity contribution in [3.8, 4) is 5.75 Å². The molecule has 0 aliphatic carbocycles. The Bertz CT molecular complexity index is 549. The summed E-state index contributed by atoms with van der Waals surface area (Å²) in [5.74, 6) is 0.686. The molecule has 2 aliphatic heterocycles. The van der Waals surface area contributed by atoms with Gasteiger partial charge in [0.1, 0.15) is 11.6 Å². The molecule has 1 aromatic carbocycles. The summed E-state index contributed by atoms with van der Waals surface area (Å²) in [5, 5.41) is 0. The fourth-order valence-electron chi connectivity index (χ4n) is 4.14. The third kappa shape index (κ3) is 4.07. The van der Waals surface area contributed by atoms with Crippen LogP contribution in [0, 0.1) is 5.82 Å². The van der Waals surface area contributed by atoms with E-state index in [2.05, 4.69) is 9.80 Å². The van der Waals surface area contributed by atoms with Crippen LogP contribution in [0.2, 0.25) is 0 Å². The van der Waals surface area contributed by atoms with E-state index in [0.29, 0.717) is 24.4 Å². The number of likely N-dealkylation sites (tertiary alicyclic amines) is 2. The molecule has 0 unspecified atom stereocenters. The molecule has 2 heterocycles. The molecule has 0 saturated carbocycles. The lowest BCUT2D eigenvalue weighted by molar-refractivity contribution is -0.130. The number of halogens is 1. The van der Waals surface area contributed by atoms with Gasteiger partial charge < -0.3 is 9.64 Å². The van der Waals surface area contributed by atoms with Crippen LogP contribution in [-0.4, -0.2) is 54.0 Å². The molecule has 2 saturated heterocycles. The van der Waals surface area contributed by atoms with Crippen LogP contribution in [0.4, 0.5) is 4.39 Å². The molecule has 0 bridgehead atoms. The topological polar surface area (TPSA) is 32.8 Å². The summed E-state index contributed by atoms with van der Waals surface area (Å²) in [6.45, 7) is 5.35. The maximum atomic E-state index is 12.9. The lowest BCUT2D eigenvalue weighted by Crippen LogP contribution is -2.48. The maximum Gasteiger partial charge on any atom is 0.219 e. The van der Waals surface area contributed by atoms with Crippen molar-refractivity contribution in [2.24, 2.45) is 0 Å². The van der Waals surface area contributed by atoms with Gasteiger partial charge in [0.15, 0.2) is 0 Å². The van der Waals surface area contributed by atoms with E-state index in [4.69, 9.17) is 4.74 Å². The number of hydrogen-bond acceptors (Lipinski definition) is 3. The van der Waals surface area contributed by atoms with Crippen LogP contribution in [0.25, 0.3) is 0 Å². The van der Waals surface area contributed by atoms with Crippen molar-refractivity contribution in [1.82, 2.24) is 9.80 Å². The number of carbonyl (C=O) groups is 1. The Balaban J connectivity index is 1.46. The van der Waals surface area contributed by atoms with Gasteiger partial charge in [-0.3, -0.25) is 9.69 Å². The predicted octanol–water partition coefficient (Wildman–Crippen LogP) is 3.07. The summed E-state index contributed by atoms with van der Waals surface area (Å²) in [6.07, 6.45) is 5.61. The molecular weight excluding hydrogens is 307 g/mol. The second-order valence-electron chi connectivity index (χ2n) is 6.82. The Hall–Kier alpha value is -1.62. The largest absolute Gasteiger partial charge is 0.494 e. The highest BCUT2D eigenvalue weighted by Crippen LogP contribution is 2.30. The molecule has 24 heavy (non-hydrogen) atoms. The highest BCUT2D eigenvalue weighted by Gasteiger charge is 2.38. The molecule has 4 nitrogen and oxygen atoms in total. The molecule has 1 aromatic rings. The fourth-order valence-corrected chi connectivity index (χ4v) is 4.14. The minimum Gasteiger partial charge on any atom is -0.494 e. The first kappa shape index (κ1) is 17.2. The minimum absolute atomic E-state index is 0.212. The van der Waals surface area contributed by atoms with Crippen molar-refractivity contribution in [3.05, 3.63) is 30.1 Å². The molecule has 2 aliphatic rings. The van der Waals surface area contributed by atoms with Crippen LogP contribution in [0.5, 0.6) is 5.75 Å². The third-order valence-corrected chi connectivity index (χ3v) is 5.23. The van der Waals surface area contributed by atoms with Crippen LogP contribution >= 0.6 is 0 Å². The van der Waals surface area contributed by atoms with Crippen LogP contribution in [0.3, 0.4) is 0 Å². The van der Waals surface area contributed by atoms with Gasteiger partial charge in [0.05, 0.1) is 6.61 Å². The molecule has 0 radical (unpaired) electrons. The van der Waals surface area contributed by atoms with Crippen molar-refractivity contribution < 1.29 is 13.9 Å². The van der Waals surface area contributed by atoms with E-state index in [-0.39, 0.29) is 11.7 Å². The summed E-state index contributed by atoms with van der Waals surface area (Å²) in [7, 11) is 0. The van der Waals surface area contributed by atoms with E-state index in [1.165, 1.54) is 25.0 Å². The van der Waals surface area contributed by atoms with Gasteiger partial charge in [0, 0.05) is 32.1 Å². The summed E-state index contributed by atoms with van der Waals surface area (Å²) >= 11 is 0. The van der Waals surface area contributed by atoms with Crippen LogP contribution < -0.4 is 4.74 Å². The van der Waals surface area contributed by atoms with Gasteiger partial charge in [0.2, 0.25) is 5.91 Å². The second kappa shape index (κ2) is 7.97. The lowest BCUT2D eigenvalue weighted by Gasteiger charge is -2.34. The standard InChI is InChI=1S/C19H27FN2O2/c1-15(23)22-13-3-6-19(22)18-5-2-11-21(18)12-4-14-24-17-9-7-16(20)8-10-17/h7-10,18-19H,2-6,11-14H2,1H3/t18-,19+/m1/s1. The first-order valence-corrected chi connectivity index (χ1v) is 9.05. The van der Waals surface area contributed by atoms with E-state index in [1.54, 1.807) is 19.1 Å². The van der Waals surface area contributed by atoms with E-state index >= 15 is 0 Å². The molecular formula is C19H27FN2O2. The van der Waals surface area contributed by atoms with Gasteiger partial charge in [-0.05, 0) is 62.9 Å². The molecule has 1 amide bonds. The zero-order chi connectivity index (χ0) is 16.9. The zero-order valence-corrected chi connectivity index (χ0v) is 14.4. The molecule has 5 heteroatoms. The molecule has 2 atom stereocenters. The fraction of sp³-hybridized carbons (Fsp3) is 0.632. The van der Waals surface area contributed by atoms with Crippen LogP contribution in [0.15, 0.2) is 24.3 Å². The Morgan fingerprint density at radius 1 is 1.17 bits per heavy atom. The van der Waals surface area contributed by atoms with Gasteiger partial charge in [-0.2, -0.15) is 0 Å². The van der Waals surface area contributed by atoms with Crippen molar-refractivity contribution in [3.63, 3.8) is 0 Å². The quantitative estimate of drug-likeness (QED) is 0.750. The Labute approximate surface area is 143 Å². The monoisotopic (exact) mass is 334 g/mol. The number of carbonyl (C=O) groups excluding carboxylic acids is 1. The average molecular weight is 334 g/mol. The van der Waals surface area contributed by atoms with E-state index in [0.717, 1.165) is 38.9 Å². The maximum absolute atomic E-state index is 12.9. The molecule has 132 valence electrons. The van der Waals surface area contributed by atoms with Crippen molar-refractivity contribution in [2.75, 3.05) is 26.2 Å². The molecule has 0 aromatic heterocycles. The lowest BCUT2D eigenvalue weighted by atomic mass is 10.0. The summed E-state index contributed by atoms with van der Waals surface area (Å²) in [5.41, 5.74) is 0. The molecule has 0 N–H and O–H groups in total. The SMILES string of the molecule is CC(=O)N1CCC[C@H]1[C@H]1CCCN1CCCOc1ccc(F)cc1. The van der Waals surface area contributed by atoms with Gasteiger partial charge in [0.25, 0.3) is 0 Å². The highest BCUT2D eigenvalue weighted by molar-refractivity contribution is 5.74. The smallest absolute Gasteiger partial charge is 0.219 e. The number of amides is 1. The number of nitrogens with zero attached hydrogens (tertiary/aromatic N) is 2. The average Bonchev–Trinajstić information content (AvgIpc) is 3.21. The summed E-state index contributed by atoms with van der Waals surface area (Å²) < 4.78 is 18.6. The van der Waals surface area contributed by atoms with Crippen LogP contribution in [-0.2, 0) is 4.79 Å². The van der Waals surface area contributed by atoms with E-state index < -0.39 is 0 Å². The second-order valence-corrected chi connectivity index (χ2v) is 6.82. The summed E-state index contributed by atoms with van der Waals surface area (Å²) in [6, 6.07) is 7.06. The Morgan fingerprint density at radius 2 is 1.88 bits per heavy atom. The Kier molecular flexibility index (Phi) is 5.72. The normalized spacial score (nSPS) is 24.5. The zero-order valence-electron chi connectivity index (χ0n) is 14.4. The molecule has 0 spiro atoms. The van der Waals surface area contributed by atoms with E-state index in [9.17, 15) is 9.18 Å². The van der Waals surface area contributed by atoms with Gasteiger partial charge in [-0.15, -0.1) is 0 Å². The summed E-state index contributed by atoms with van der Waals surface area (Å²) in [4.78, 5) is 16.4. The predicted molar refractivity (Wildman–Crippen MR) is 91.5 cm³/mol. The molecule has 3 rings (SSSR count). The van der Waals surface area contributed by atoms with Crippen LogP contribution in [0.1, 0.15) is 39.0 Å².